The minimum Gasteiger partial charge on any atom is -0.423 e. The second-order valence-electron chi connectivity index (χ2n) is 3.11. The minimum absolute atomic E-state index is 0.337. The third-order valence-corrected chi connectivity index (χ3v) is 1.72. The van der Waals surface area contributed by atoms with Crippen LogP contribution in [0.15, 0.2) is 60.4 Å². The van der Waals surface area contributed by atoms with Crippen molar-refractivity contribution in [3.05, 3.63) is 60.4 Å². The van der Waals surface area contributed by atoms with Gasteiger partial charge < -0.3 is 4.74 Å². The number of hydrogen-bond donors (Lipinski definition) is 0. The molecule has 0 aromatic heterocycles. The first-order chi connectivity index (χ1) is 8.83. The molecule has 18 heavy (non-hydrogen) atoms. The molecule has 0 aromatic rings. The van der Waals surface area contributed by atoms with Crippen LogP contribution in [0.4, 0.5) is 0 Å². The van der Waals surface area contributed by atoms with Gasteiger partial charge in [0.2, 0.25) is 0 Å². The molecule has 88 valence electrons. The predicted octanol–water partition coefficient (Wildman–Crippen LogP) is 2.68. The average molecular weight is 236 g/mol. The summed E-state index contributed by atoms with van der Waals surface area (Å²) < 4.78 is 4.83. The van der Waals surface area contributed by atoms with Gasteiger partial charge in [-0.3, -0.25) is 0 Å². The zero-order valence-corrected chi connectivity index (χ0v) is 10.0. The van der Waals surface area contributed by atoms with Gasteiger partial charge in [0.1, 0.15) is 5.76 Å². The summed E-state index contributed by atoms with van der Waals surface area (Å²) in [6.07, 6.45) is 15.3. The van der Waals surface area contributed by atoms with Gasteiger partial charge in [0.05, 0.1) is 0 Å². The van der Waals surface area contributed by atoms with E-state index in [0.717, 1.165) is 0 Å². The zero-order valence-electron chi connectivity index (χ0n) is 10.0. The van der Waals surface area contributed by atoms with E-state index in [4.69, 9.17) is 4.74 Å². The molecule has 0 atom stereocenters. The highest BCUT2D eigenvalue weighted by Gasteiger charge is 2.06. The van der Waals surface area contributed by atoms with Crippen molar-refractivity contribution in [2.45, 2.75) is 6.92 Å². The van der Waals surface area contributed by atoms with Gasteiger partial charge in [0, 0.05) is 6.08 Å². The van der Waals surface area contributed by atoms with Crippen LogP contribution in [0.1, 0.15) is 6.92 Å². The van der Waals surface area contributed by atoms with Crippen LogP contribution in [0.2, 0.25) is 0 Å². The van der Waals surface area contributed by atoms with Crippen molar-refractivity contribution >= 4 is 5.97 Å². The molecule has 0 bridgehead atoms. The fraction of sp³-hybridized carbons (Fsp3) is 0.0625. The van der Waals surface area contributed by atoms with Gasteiger partial charge in [0.15, 0.2) is 0 Å². The molecule has 0 saturated heterocycles. The molecule has 0 amide bonds. The van der Waals surface area contributed by atoms with Crippen molar-refractivity contribution < 1.29 is 9.53 Å². The van der Waals surface area contributed by atoms with Gasteiger partial charge in [-0.05, 0) is 43.1 Å². The largest absolute Gasteiger partial charge is 0.423 e. The third-order valence-electron chi connectivity index (χ3n) is 1.72. The van der Waals surface area contributed by atoms with Crippen molar-refractivity contribution in [1.29, 1.82) is 0 Å². The quantitative estimate of drug-likeness (QED) is 0.418. The molecule has 0 radical (unpaired) electrons. The normalized spacial score (nSPS) is 16.1. The van der Waals surface area contributed by atoms with E-state index >= 15 is 0 Å². The SMILES string of the molecule is C/C=C/C#CC#C/C=C/C=C/C=C1/C=CC(=O)O1. The molecular formula is C16H12O2. The van der Waals surface area contributed by atoms with E-state index in [2.05, 4.69) is 23.7 Å². The topological polar surface area (TPSA) is 26.3 Å². The summed E-state index contributed by atoms with van der Waals surface area (Å²) in [5.41, 5.74) is 0. The summed E-state index contributed by atoms with van der Waals surface area (Å²) >= 11 is 0. The van der Waals surface area contributed by atoms with Crippen LogP contribution in [0, 0.1) is 23.7 Å². The maximum Gasteiger partial charge on any atom is 0.336 e. The van der Waals surface area contributed by atoms with E-state index in [1.807, 2.05) is 13.0 Å². The molecule has 0 N–H and O–H groups in total. The number of allylic oxidation sites excluding steroid dienone is 8. The molecule has 2 nitrogen and oxygen atoms in total. The van der Waals surface area contributed by atoms with E-state index in [-0.39, 0.29) is 5.97 Å². The van der Waals surface area contributed by atoms with Crippen LogP contribution in [-0.2, 0) is 9.53 Å². The van der Waals surface area contributed by atoms with E-state index in [1.54, 1.807) is 42.5 Å². The summed E-state index contributed by atoms with van der Waals surface area (Å²) in [7, 11) is 0. The van der Waals surface area contributed by atoms with E-state index in [9.17, 15) is 4.79 Å². The molecular weight excluding hydrogens is 224 g/mol. The fourth-order valence-electron chi connectivity index (χ4n) is 0.981. The van der Waals surface area contributed by atoms with Crippen LogP contribution < -0.4 is 0 Å². The molecule has 0 spiro atoms. The number of rotatable bonds is 2. The van der Waals surface area contributed by atoms with Gasteiger partial charge in [0.25, 0.3) is 0 Å². The van der Waals surface area contributed by atoms with Gasteiger partial charge in [-0.2, -0.15) is 0 Å². The lowest BCUT2D eigenvalue weighted by Gasteiger charge is -1.90. The molecule has 0 unspecified atom stereocenters. The molecule has 1 rings (SSSR count). The summed E-state index contributed by atoms with van der Waals surface area (Å²) in [5, 5.41) is 0. The fourth-order valence-corrected chi connectivity index (χ4v) is 0.981. The van der Waals surface area contributed by atoms with Crippen molar-refractivity contribution in [1.82, 2.24) is 0 Å². The second kappa shape index (κ2) is 8.44. The number of esters is 1. The Hall–Kier alpha value is -2.71. The van der Waals surface area contributed by atoms with Gasteiger partial charge in [-0.25, -0.2) is 4.79 Å². The molecule has 2 heteroatoms. The Morgan fingerprint density at radius 1 is 1.06 bits per heavy atom. The lowest BCUT2D eigenvalue weighted by atomic mass is 10.3. The van der Waals surface area contributed by atoms with Crippen molar-refractivity contribution in [3.63, 3.8) is 0 Å². The summed E-state index contributed by atoms with van der Waals surface area (Å²) in [6.45, 7) is 1.90. The summed E-state index contributed by atoms with van der Waals surface area (Å²) in [5.74, 6) is 11.1. The van der Waals surface area contributed by atoms with Crippen LogP contribution >= 0.6 is 0 Å². The molecule has 1 heterocycles. The van der Waals surface area contributed by atoms with Crippen LogP contribution in [0.3, 0.4) is 0 Å². The highest BCUT2D eigenvalue weighted by molar-refractivity contribution is 5.86. The lowest BCUT2D eigenvalue weighted by Crippen LogP contribution is -1.89. The van der Waals surface area contributed by atoms with E-state index in [0.29, 0.717) is 5.76 Å². The van der Waals surface area contributed by atoms with Crippen molar-refractivity contribution in [2.75, 3.05) is 0 Å². The molecule has 0 fully saturated rings. The monoisotopic (exact) mass is 236 g/mol. The Bertz CT molecular complexity index is 562. The Balaban J connectivity index is 2.35. The molecule has 1 aliphatic heterocycles. The first kappa shape index (κ1) is 13.4. The van der Waals surface area contributed by atoms with Gasteiger partial charge in [-0.1, -0.05) is 36.1 Å². The summed E-state index contributed by atoms with van der Waals surface area (Å²) in [4.78, 5) is 10.7. The second-order valence-corrected chi connectivity index (χ2v) is 3.11. The zero-order chi connectivity index (χ0) is 13.1. The van der Waals surface area contributed by atoms with Gasteiger partial charge >= 0.3 is 5.97 Å². The average Bonchev–Trinajstić information content (AvgIpc) is 2.77. The highest BCUT2D eigenvalue weighted by Crippen LogP contribution is 2.08. The Morgan fingerprint density at radius 2 is 1.83 bits per heavy atom. The number of ether oxygens (including phenoxy) is 1. The maximum absolute atomic E-state index is 10.7. The predicted molar refractivity (Wildman–Crippen MR) is 72.0 cm³/mol. The Morgan fingerprint density at radius 3 is 2.50 bits per heavy atom. The minimum atomic E-state index is -0.337. The Kier molecular flexibility index (Phi) is 6.26. The summed E-state index contributed by atoms with van der Waals surface area (Å²) in [6, 6.07) is 0. The Labute approximate surface area is 107 Å². The lowest BCUT2D eigenvalue weighted by molar-refractivity contribution is -0.132. The van der Waals surface area contributed by atoms with Crippen molar-refractivity contribution in [2.24, 2.45) is 0 Å². The molecule has 0 saturated carbocycles. The maximum atomic E-state index is 10.7. The van der Waals surface area contributed by atoms with Crippen LogP contribution in [0.25, 0.3) is 0 Å². The highest BCUT2D eigenvalue weighted by atomic mass is 16.5. The van der Waals surface area contributed by atoms with Crippen molar-refractivity contribution in [3.8, 4) is 23.7 Å². The third kappa shape index (κ3) is 6.00. The van der Waals surface area contributed by atoms with E-state index in [1.165, 1.54) is 6.08 Å². The smallest absolute Gasteiger partial charge is 0.336 e. The number of hydrogen-bond acceptors (Lipinski definition) is 2. The first-order valence-electron chi connectivity index (χ1n) is 5.38. The number of carbonyl (C=O) groups excluding carboxylic acids is 1. The number of carbonyl (C=O) groups is 1. The van der Waals surface area contributed by atoms with E-state index < -0.39 is 0 Å². The number of cyclic esters (lactones) is 1. The molecule has 0 aromatic carbocycles. The molecule has 1 aliphatic rings. The first-order valence-corrected chi connectivity index (χ1v) is 5.38. The standard InChI is InChI=1S/C16H12O2/c1-2-3-4-5-6-7-8-9-10-11-12-15-13-14-16(17)18-15/h2-3,8-14H,1H3/b3-2+,9-8+,11-10+,15-12-. The molecule has 0 aliphatic carbocycles. The van der Waals surface area contributed by atoms with Crippen LogP contribution in [-0.4, -0.2) is 5.97 Å². The van der Waals surface area contributed by atoms with Gasteiger partial charge in [-0.15, -0.1) is 0 Å². The van der Waals surface area contributed by atoms with Crippen LogP contribution in [0.5, 0.6) is 0 Å².